The van der Waals surface area contributed by atoms with Crippen LogP contribution in [0, 0.1) is 5.92 Å². The average Bonchev–Trinajstić information content (AvgIpc) is 3.74. The molecule has 2 aliphatic carbocycles. The van der Waals surface area contributed by atoms with E-state index in [1.165, 1.54) is 19.3 Å². The predicted molar refractivity (Wildman–Crippen MR) is 139 cm³/mol. The lowest BCUT2D eigenvalue weighted by Gasteiger charge is -2.34. The van der Waals surface area contributed by atoms with Crippen molar-refractivity contribution < 1.29 is 9.59 Å². The fourth-order valence-corrected chi connectivity index (χ4v) is 6.28. The quantitative estimate of drug-likeness (QED) is 0.605. The SMILES string of the molecule is CCC(=O)[C@@H](C1CCCCC1)n1ccc2c(C3CCCN(C(=O)CNC4CC4)C3)cccc2c1=O. The highest BCUT2D eigenvalue weighted by molar-refractivity contribution is 5.87. The van der Waals surface area contributed by atoms with Gasteiger partial charge in [0, 0.05) is 43.1 Å². The van der Waals surface area contributed by atoms with E-state index in [4.69, 9.17) is 0 Å². The Morgan fingerprint density at radius 2 is 1.80 bits per heavy atom. The highest BCUT2D eigenvalue weighted by Crippen LogP contribution is 2.35. The van der Waals surface area contributed by atoms with Gasteiger partial charge in [-0.25, -0.2) is 0 Å². The van der Waals surface area contributed by atoms with Gasteiger partial charge in [0.15, 0.2) is 5.78 Å². The number of carbonyl (C=O) groups excluding carboxylic acids is 2. The summed E-state index contributed by atoms with van der Waals surface area (Å²) in [6, 6.07) is 8.19. The summed E-state index contributed by atoms with van der Waals surface area (Å²) in [6.07, 6.45) is 12.2. The number of hydrogen-bond donors (Lipinski definition) is 1. The van der Waals surface area contributed by atoms with Crippen LogP contribution in [0.5, 0.6) is 0 Å². The van der Waals surface area contributed by atoms with Gasteiger partial charge in [-0.1, -0.05) is 38.3 Å². The zero-order valence-corrected chi connectivity index (χ0v) is 21.0. The lowest BCUT2D eigenvalue weighted by Crippen LogP contribution is -2.43. The van der Waals surface area contributed by atoms with Crippen LogP contribution in [0.3, 0.4) is 0 Å². The van der Waals surface area contributed by atoms with E-state index in [9.17, 15) is 14.4 Å². The van der Waals surface area contributed by atoms with Gasteiger partial charge < -0.3 is 14.8 Å². The van der Waals surface area contributed by atoms with Crippen molar-refractivity contribution in [3.05, 3.63) is 46.4 Å². The lowest BCUT2D eigenvalue weighted by atomic mass is 9.81. The Morgan fingerprint density at radius 1 is 1.00 bits per heavy atom. The lowest BCUT2D eigenvalue weighted by molar-refractivity contribution is -0.131. The normalized spacial score (nSPS) is 22.3. The fraction of sp³-hybridized carbons (Fsp3) is 0.621. The van der Waals surface area contributed by atoms with Gasteiger partial charge in [0.25, 0.3) is 5.56 Å². The van der Waals surface area contributed by atoms with Crippen LogP contribution in [0.25, 0.3) is 10.8 Å². The van der Waals surface area contributed by atoms with Gasteiger partial charge in [-0.05, 0) is 67.5 Å². The first-order valence-electron chi connectivity index (χ1n) is 13.7. The number of rotatable bonds is 8. The van der Waals surface area contributed by atoms with Gasteiger partial charge >= 0.3 is 0 Å². The second-order valence-corrected chi connectivity index (χ2v) is 10.8. The molecule has 35 heavy (non-hydrogen) atoms. The van der Waals surface area contributed by atoms with E-state index in [0.29, 0.717) is 30.9 Å². The summed E-state index contributed by atoms with van der Waals surface area (Å²) in [5.41, 5.74) is 1.09. The Morgan fingerprint density at radius 3 is 2.54 bits per heavy atom. The van der Waals surface area contributed by atoms with Crippen LogP contribution in [0.1, 0.15) is 88.7 Å². The Kier molecular flexibility index (Phi) is 7.37. The number of nitrogens with one attached hydrogen (secondary N) is 1. The standard InChI is InChI=1S/C29H39N3O3/c1-2-26(33)28(20-8-4-3-5-9-20)32-17-15-24-23(11-6-12-25(24)29(32)35)21-10-7-16-31(19-21)27(34)18-30-22-13-14-22/h6,11-12,15,17,20-22,28,30H,2-5,7-10,13-14,16,18-19H2,1H3/t21?,28-/m1/s1. The number of carbonyl (C=O) groups is 2. The van der Waals surface area contributed by atoms with E-state index in [1.807, 2.05) is 36.2 Å². The molecule has 1 aromatic heterocycles. The molecular formula is C29H39N3O3. The molecule has 188 valence electrons. The summed E-state index contributed by atoms with van der Waals surface area (Å²) in [6.45, 7) is 3.83. The number of likely N-dealkylation sites (tertiary alicyclic amines) is 1. The molecule has 0 bridgehead atoms. The summed E-state index contributed by atoms with van der Waals surface area (Å²) in [5, 5.41) is 5.00. The predicted octanol–water partition coefficient (Wildman–Crippen LogP) is 4.56. The molecule has 2 atom stereocenters. The minimum absolute atomic E-state index is 0.0564. The maximum absolute atomic E-state index is 13.7. The molecule has 5 rings (SSSR count). The maximum Gasteiger partial charge on any atom is 0.259 e. The van der Waals surface area contributed by atoms with Crippen molar-refractivity contribution in [2.75, 3.05) is 19.6 Å². The molecule has 0 radical (unpaired) electrons. The van der Waals surface area contributed by atoms with Crippen LogP contribution in [-0.4, -0.2) is 46.8 Å². The molecule has 3 aliphatic rings. The number of nitrogens with zero attached hydrogens (tertiary/aromatic N) is 2. The number of Topliss-reactive ketones (excluding diaryl/α,β-unsaturated/α-hetero) is 1. The van der Waals surface area contributed by atoms with E-state index in [-0.39, 0.29) is 35.1 Å². The van der Waals surface area contributed by atoms with Crippen molar-refractivity contribution in [2.24, 2.45) is 5.92 Å². The summed E-state index contributed by atoms with van der Waals surface area (Å²) in [4.78, 5) is 41.5. The first kappa shape index (κ1) is 24.2. The molecule has 6 heteroatoms. The van der Waals surface area contributed by atoms with Gasteiger partial charge in [0.2, 0.25) is 5.91 Å². The molecule has 0 spiro atoms. The summed E-state index contributed by atoms with van der Waals surface area (Å²) < 4.78 is 1.73. The third kappa shape index (κ3) is 5.23. The van der Waals surface area contributed by atoms with Crippen molar-refractivity contribution in [2.45, 2.75) is 89.1 Å². The second kappa shape index (κ2) is 10.7. The fourth-order valence-electron chi connectivity index (χ4n) is 6.28. The van der Waals surface area contributed by atoms with Crippen LogP contribution in [0.4, 0.5) is 0 Å². The zero-order chi connectivity index (χ0) is 24.4. The van der Waals surface area contributed by atoms with Gasteiger partial charge in [-0.3, -0.25) is 14.4 Å². The van der Waals surface area contributed by atoms with Crippen LogP contribution >= 0.6 is 0 Å². The first-order chi connectivity index (χ1) is 17.1. The number of amides is 1. The van der Waals surface area contributed by atoms with Gasteiger partial charge in [0.1, 0.15) is 0 Å². The van der Waals surface area contributed by atoms with Gasteiger partial charge in [0.05, 0.1) is 12.6 Å². The molecule has 1 amide bonds. The summed E-state index contributed by atoms with van der Waals surface area (Å²) in [7, 11) is 0. The number of piperidine rings is 1. The molecule has 2 saturated carbocycles. The molecule has 1 aromatic carbocycles. The second-order valence-electron chi connectivity index (χ2n) is 10.8. The Hall–Kier alpha value is -2.47. The van der Waals surface area contributed by atoms with E-state index < -0.39 is 0 Å². The van der Waals surface area contributed by atoms with Gasteiger partial charge in [-0.2, -0.15) is 0 Å². The molecule has 1 saturated heterocycles. The molecule has 6 nitrogen and oxygen atoms in total. The number of ketones is 1. The van der Waals surface area contributed by atoms with Crippen molar-refractivity contribution in [3.63, 3.8) is 0 Å². The zero-order valence-electron chi connectivity index (χ0n) is 21.0. The van der Waals surface area contributed by atoms with Crippen molar-refractivity contribution >= 4 is 22.5 Å². The Labute approximate surface area is 208 Å². The van der Waals surface area contributed by atoms with E-state index in [1.54, 1.807) is 4.57 Å². The molecule has 1 unspecified atom stereocenters. The largest absolute Gasteiger partial charge is 0.341 e. The third-order valence-corrected chi connectivity index (χ3v) is 8.41. The number of benzene rings is 1. The van der Waals surface area contributed by atoms with Gasteiger partial charge in [-0.15, -0.1) is 0 Å². The van der Waals surface area contributed by atoms with E-state index >= 15 is 0 Å². The maximum atomic E-state index is 13.7. The Bertz CT molecular complexity index is 1130. The van der Waals surface area contributed by atoms with Crippen molar-refractivity contribution in [1.29, 1.82) is 0 Å². The van der Waals surface area contributed by atoms with E-state index in [0.717, 1.165) is 56.0 Å². The van der Waals surface area contributed by atoms with Crippen LogP contribution in [-0.2, 0) is 9.59 Å². The third-order valence-electron chi connectivity index (χ3n) is 8.41. The molecular weight excluding hydrogens is 438 g/mol. The minimum Gasteiger partial charge on any atom is -0.341 e. The average molecular weight is 478 g/mol. The smallest absolute Gasteiger partial charge is 0.259 e. The topological polar surface area (TPSA) is 71.4 Å². The van der Waals surface area contributed by atoms with Crippen LogP contribution < -0.4 is 10.9 Å². The highest BCUT2D eigenvalue weighted by Gasteiger charge is 2.32. The number of aromatic nitrogens is 1. The van der Waals surface area contributed by atoms with Crippen molar-refractivity contribution in [3.8, 4) is 0 Å². The monoisotopic (exact) mass is 477 g/mol. The van der Waals surface area contributed by atoms with Crippen LogP contribution in [0.15, 0.2) is 35.3 Å². The number of fused-ring (bicyclic) bond motifs is 1. The van der Waals surface area contributed by atoms with Crippen molar-refractivity contribution in [1.82, 2.24) is 14.8 Å². The Balaban J connectivity index is 1.42. The van der Waals surface area contributed by atoms with E-state index in [2.05, 4.69) is 11.4 Å². The molecule has 1 aliphatic heterocycles. The number of pyridine rings is 1. The first-order valence-corrected chi connectivity index (χ1v) is 13.7. The minimum atomic E-state index is -0.359. The molecule has 3 fully saturated rings. The summed E-state index contributed by atoms with van der Waals surface area (Å²) >= 11 is 0. The molecule has 1 N–H and O–H groups in total. The number of hydrogen-bond acceptors (Lipinski definition) is 4. The van der Waals surface area contributed by atoms with Crippen LogP contribution in [0.2, 0.25) is 0 Å². The molecule has 2 aromatic rings. The highest BCUT2D eigenvalue weighted by atomic mass is 16.2. The summed E-state index contributed by atoms with van der Waals surface area (Å²) in [5.74, 6) is 0.809. The molecule has 2 heterocycles.